The number of hydrogen-bond donors (Lipinski definition) is 2. The van der Waals surface area contributed by atoms with Gasteiger partial charge in [0.2, 0.25) is 0 Å². The van der Waals surface area contributed by atoms with E-state index in [1.165, 1.54) is 19.0 Å². The molecule has 3 saturated heterocycles. The quantitative estimate of drug-likeness (QED) is 0.203. The fraction of sp³-hybridized carbons (Fsp3) is 0.750. The van der Waals surface area contributed by atoms with E-state index in [0.717, 1.165) is 11.0 Å². The van der Waals surface area contributed by atoms with E-state index in [1.807, 2.05) is 50.2 Å². The number of hydrazine groups is 1. The number of carbonyl (C=O) groups is 4. The van der Waals surface area contributed by atoms with E-state index < -0.39 is 83.4 Å². The lowest BCUT2D eigenvalue weighted by Crippen LogP contribution is -2.61. The van der Waals surface area contributed by atoms with Gasteiger partial charge in [-0.1, -0.05) is 45.0 Å². The van der Waals surface area contributed by atoms with E-state index in [2.05, 4.69) is 15.7 Å². The van der Waals surface area contributed by atoms with Crippen molar-refractivity contribution >= 4 is 34.7 Å². The average Bonchev–Trinajstić information content (AvgIpc) is 3.70. The van der Waals surface area contributed by atoms with Crippen molar-refractivity contribution in [3.8, 4) is 0 Å². The van der Waals surface area contributed by atoms with E-state index in [1.54, 1.807) is 46.2 Å². The van der Waals surface area contributed by atoms with Crippen LogP contribution in [0.25, 0.3) is 11.0 Å². The highest BCUT2D eigenvalue weighted by atomic mass is 16.7. The Labute approximate surface area is 329 Å². The summed E-state index contributed by atoms with van der Waals surface area (Å²) < 4.78 is 32.8. The summed E-state index contributed by atoms with van der Waals surface area (Å²) in [6, 6.07) is 6.45. The van der Waals surface area contributed by atoms with E-state index in [-0.39, 0.29) is 30.8 Å². The Morgan fingerprint density at radius 1 is 1.04 bits per heavy atom. The second kappa shape index (κ2) is 17.5. The summed E-state index contributed by atoms with van der Waals surface area (Å²) in [5.41, 5.74) is 2.13. The summed E-state index contributed by atoms with van der Waals surface area (Å²) in [7, 11) is 5.22. The van der Waals surface area contributed by atoms with Crippen molar-refractivity contribution in [1.82, 2.24) is 30.3 Å². The number of nitrogens with one attached hydrogen (secondary N) is 1. The molecular weight excluding hydrogens is 724 g/mol. The molecule has 0 saturated carbocycles. The number of benzene rings is 1. The van der Waals surface area contributed by atoms with Crippen molar-refractivity contribution in [3.05, 3.63) is 24.3 Å². The number of rotatable bonds is 10. The summed E-state index contributed by atoms with van der Waals surface area (Å²) in [4.78, 5) is 58.5. The Morgan fingerprint density at radius 2 is 1.73 bits per heavy atom. The smallest absolute Gasteiger partial charge is 0.425 e. The largest absolute Gasteiger partial charge is 0.458 e. The highest BCUT2D eigenvalue weighted by Crippen LogP contribution is 2.42. The van der Waals surface area contributed by atoms with Crippen molar-refractivity contribution in [2.45, 2.75) is 142 Å². The molecule has 56 heavy (non-hydrogen) atoms. The first kappa shape index (κ1) is 43.6. The van der Waals surface area contributed by atoms with Crippen LogP contribution in [0.3, 0.4) is 0 Å². The molecule has 4 heterocycles. The number of aliphatic hydroxyl groups is 1. The standard InChI is InChI=1S/C40H62N6O10/c1-12-30-40(8)34(46(38(51)56-40)41-18-15-19-45-28-17-14-13-16-27(28)42-43-45)24(4)31(47)22(2)21-39(7,52-11)35(25(5)32(48)26(6)36(50)54-30)55-37-33(49)29(44(9)10)20-23(3)53-37/h13-14,16-17,22-26,29-30,33-35,37,41,49H,12,15,18-21H2,1-11H3/t22-,23-,24+,25+,26-,29?,30-,33?,34-,35-,37+,39-,40-/m1/s1. The Kier molecular flexibility index (Phi) is 13.6. The molecule has 3 aliphatic rings. The van der Waals surface area contributed by atoms with Crippen molar-refractivity contribution in [3.63, 3.8) is 0 Å². The number of aromatic nitrogens is 3. The topological polar surface area (TPSA) is 184 Å². The molecule has 1 amide bonds. The van der Waals surface area contributed by atoms with Crippen LogP contribution in [-0.2, 0) is 44.6 Å². The number of ether oxygens (including phenoxy) is 5. The van der Waals surface area contributed by atoms with Gasteiger partial charge in [-0.3, -0.25) is 14.4 Å². The van der Waals surface area contributed by atoms with Gasteiger partial charge < -0.3 is 33.7 Å². The first-order valence-corrected chi connectivity index (χ1v) is 19.9. The van der Waals surface area contributed by atoms with Gasteiger partial charge in [-0.2, -0.15) is 0 Å². The van der Waals surface area contributed by atoms with Gasteiger partial charge in [0.05, 0.1) is 23.3 Å². The highest BCUT2D eigenvalue weighted by Gasteiger charge is 2.61. The maximum absolute atomic E-state index is 14.7. The zero-order valence-electron chi connectivity index (χ0n) is 34.8. The Hall–Kier alpha value is -3.54. The van der Waals surface area contributed by atoms with Gasteiger partial charge in [-0.15, -0.1) is 5.10 Å². The molecule has 0 spiro atoms. The number of methoxy groups -OCH3 is 1. The van der Waals surface area contributed by atoms with Crippen LogP contribution >= 0.6 is 0 Å². The Bertz CT molecular complexity index is 1720. The second-order valence-electron chi connectivity index (χ2n) is 16.6. The fourth-order valence-corrected chi connectivity index (χ4v) is 9.04. The van der Waals surface area contributed by atoms with Gasteiger partial charge in [0, 0.05) is 44.0 Å². The minimum atomic E-state index is -1.46. The zero-order valence-corrected chi connectivity index (χ0v) is 34.8. The number of cyclic esters (lactones) is 1. The number of esters is 1. The molecule has 0 aliphatic carbocycles. The highest BCUT2D eigenvalue weighted by molar-refractivity contribution is 6.00. The number of carbonyl (C=O) groups excluding carboxylic acids is 4. The minimum Gasteiger partial charge on any atom is -0.458 e. The normalized spacial score (nSPS) is 37.7. The van der Waals surface area contributed by atoms with Crippen molar-refractivity contribution < 1.29 is 48.0 Å². The van der Waals surface area contributed by atoms with E-state index >= 15 is 0 Å². The Morgan fingerprint density at radius 3 is 2.39 bits per heavy atom. The summed E-state index contributed by atoms with van der Waals surface area (Å²) in [6.45, 7) is 14.6. The summed E-state index contributed by atoms with van der Waals surface area (Å²) >= 11 is 0. The lowest BCUT2D eigenvalue weighted by Gasteiger charge is -2.47. The molecule has 16 heteroatoms. The van der Waals surface area contributed by atoms with Crippen molar-refractivity contribution in [2.24, 2.45) is 23.7 Å². The minimum absolute atomic E-state index is 0.109. The van der Waals surface area contributed by atoms with Gasteiger partial charge in [0.25, 0.3) is 0 Å². The van der Waals surface area contributed by atoms with Crippen molar-refractivity contribution in [2.75, 3.05) is 27.7 Å². The number of Topliss-reactive ketones (excluding diaryl/α,β-unsaturated/α-hetero) is 2. The maximum atomic E-state index is 14.7. The lowest BCUT2D eigenvalue weighted by atomic mass is 9.73. The van der Waals surface area contributed by atoms with E-state index in [0.29, 0.717) is 25.9 Å². The SMILES string of the molecule is CC[C@H]1OC(=O)[C@H](C)C(=O)[C@H](C)[C@@H](O[C@@H]2O[C@H](C)CC(N(C)C)C2O)[C@](C)(OC)C[C@@H](C)C(=O)[C@H](C)[C@H]2N(NCCCn3nnc4ccccc43)C(=O)O[C@]12C. The van der Waals surface area contributed by atoms with Gasteiger partial charge in [-0.05, 0) is 79.6 Å². The number of amides is 1. The molecule has 2 aromatic rings. The molecule has 0 radical (unpaired) electrons. The molecule has 5 rings (SSSR count). The first-order chi connectivity index (χ1) is 26.4. The van der Waals surface area contributed by atoms with Gasteiger partial charge in [0.1, 0.15) is 35.5 Å². The number of hydrogen-bond acceptors (Lipinski definition) is 14. The van der Waals surface area contributed by atoms with Crippen LogP contribution in [0, 0.1) is 23.7 Å². The number of nitrogens with zero attached hydrogens (tertiary/aromatic N) is 5. The third-order valence-corrected chi connectivity index (χ3v) is 12.3. The van der Waals surface area contributed by atoms with Crippen molar-refractivity contribution in [1.29, 1.82) is 0 Å². The monoisotopic (exact) mass is 786 g/mol. The van der Waals surface area contributed by atoms with E-state index in [9.17, 15) is 24.3 Å². The average molecular weight is 787 g/mol. The molecule has 1 aromatic carbocycles. The summed E-state index contributed by atoms with van der Waals surface area (Å²) in [6.07, 6.45) is -3.74. The number of para-hydroxylation sites is 1. The molecule has 16 nitrogen and oxygen atoms in total. The number of likely N-dealkylation sites (N-methyl/N-ethyl adjacent to an activating group) is 1. The second-order valence-corrected chi connectivity index (χ2v) is 16.6. The third kappa shape index (κ3) is 8.51. The fourth-order valence-electron chi connectivity index (χ4n) is 9.04. The maximum Gasteiger partial charge on any atom is 0.425 e. The van der Waals surface area contributed by atoms with Crippen LogP contribution in [0.15, 0.2) is 24.3 Å². The molecule has 2 N–H and O–H groups in total. The van der Waals surface area contributed by atoms with Crippen LogP contribution in [-0.4, -0.2) is 135 Å². The number of fused-ring (bicyclic) bond motifs is 2. The molecular formula is C40H62N6O10. The van der Waals surface area contributed by atoms with Gasteiger partial charge in [0.15, 0.2) is 17.7 Å². The molecule has 13 atom stereocenters. The predicted octanol–water partition coefficient (Wildman–Crippen LogP) is 3.53. The first-order valence-electron chi connectivity index (χ1n) is 19.9. The molecule has 312 valence electrons. The predicted molar refractivity (Wildman–Crippen MR) is 205 cm³/mol. The molecule has 3 aliphatic heterocycles. The Balaban J connectivity index is 1.46. The molecule has 2 unspecified atom stereocenters. The van der Waals surface area contributed by atoms with Crippen LogP contribution in [0.2, 0.25) is 0 Å². The summed E-state index contributed by atoms with van der Waals surface area (Å²) in [5, 5.41) is 21.2. The zero-order chi connectivity index (χ0) is 41.3. The summed E-state index contributed by atoms with van der Waals surface area (Å²) in [5.74, 6) is -5.14. The van der Waals surface area contributed by atoms with Crippen LogP contribution in [0.4, 0.5) is 4.79 Å². The number of aliphatic hydroxyl groups excluding tert-OH is 1. The number of aryl methyl sites for hydroxylation is 1. The van der Waals surface area contributed by atoms with Crippen LogP contribution in [0.1, 0.15) is 81.1 Å². The lowest BCUT2D eigenvalue weighted by molar-refractivity contribution is -0.295. The van der Waals surface area contributed by atoms with Crippen LogP contribution < -0.4 is 5.43 Å². The van der Waals surface area contributed by atoms with E-state index in [4.69, 9.17) is 23.7 Å². The molecule has 1 aromatic heterocycles. The van der Waals surface area contributed by atoms with Gasteiger partial charge in [-0.25, -0.2) is 19.9 Å². The molecule has 3 fully saturated rings. The van der Waals surface area contributed by atoms with Gasteiger partial charge >= 0.3 is 12.1 Å². The number of ketones is 2. The molecule has 0 bridgehead atoms. The van der Waals surface area contributed by atoms with Crippen LogP contribution in [0.5, 0.6) is 0 Å². The third-order valence-electron chi connectivity index (χ3n) is 12.3.